The maximum atomic E-state index is 14.2. The molecule has 0 aliphatic heterocycles. The number of halogens is 1. The van der Waals surface area contributed by atoms with Gasteiger partial charge in [0.25, 0.3) is 0 Å². The van der Waals surface area contributed by atoms with Gasteiger partial charge in [-0.25, -0.2) is 4.39 Å². The quantitative estimate of drug-likeness (QED) is 0.691. The maximum Gasteiger partial charge on any atom is 0.165 e. The lowest BCUT2D eigenvalue weighted by molar-refractivity contribution is 0.231. The molecule has 0 bridgehead atoms. The number of hydrogen-bond acceptors (Lipinski definition) is 3. The Kier molecular flexibility index (Phi) is 4.15. The van der Waals surface area contributed by atoms with Gasteiger partial charge >= 0.3 is 0 Å². The Morgan fingerprint density at radius 3 is 2.52 bits per heavy atom. The summed E-state index contributed by atoms with van der Waals surface area (Å²) in [5, 5.41) is 2.01. The van der Waals surface area contributed by atoms with E-state index in [1.165, 1.54) is 6.07 Å². The summed E-state index contributed by atoms with van der Waals surface area (Å²) in [5.74, 6) is 0.649. The van der Waals surface area contributed by atoms with Gasteiger partial charge in [-0.1, -0.05) is 0 Å². The van der Waals surface area contributed by atoms with Crippen LogP contribution in [0.5, 0.6) is 11.5 Å². The second-order valence-electron chi connectivity index (χ2n) is 5.59. The number of fused-ring (bicyclic) bond motifs is 1. The lowest BCUT2D eigenvalue weighted by atomic mass is 10.1. The van der Waals surface area contributed by atoms with Crippen molar-refractivity contribution in [2.75, 3.05) is 7.11 Å². The predicted molar refractivity (Wildman–Crippen MR) is 89.5 cm³/mol. The Hall–Kier alpha value is -2.62. The van der Waals surface area contributed by atoms with Gasteiger partial charge < -0.3 is 9.47 Å². The number of ether oxygens (including phenoxy) is 2. The largest absolute Gasteiger partial charge is 0.497 e. The first-order chi connectivity index (χ1) is 11.1. The zero-order valence-electron chi connectivity index (χ0n) is 13.3. The number of pyridine rings is 1. The van der Waals surface area contributed by atoms with Gasteiger partial charge in [0, 0.05) is 17.1 Å². The number of rotatable bonds is 4. The standard InChI is InChI=1S/C19H18FNO2/c1-12(2)23-19-7-5-13(9-17(19)20)18-10-15-8-16(22-3)6-4-14(15)11-21-18/h4-12H,1-3H3. The molecular formula is C19H18FNO2. The van der Waals surface area contributed by atoms with Crippen molar-refractivity contribution in [1.82, 2.24) is 4.98 Å². The first kappa shape index (κ1) is 15.3. The van der Waals surface area contributed by atoms with Crippen LogP contribution in [0.4, 0.5) is 4.39 Å². The Morgan fingerprint density at radius 1 is 1.00 bits per heavy atom. The fourth-order valence-electron chi connectivity index (χ4n) is 2.41. The fourth-order valence-corrected chi connectivity index (χ4v) is 2.41. The van der Waals surface area contributed by atoms with Gasteiger partial charge in [0.15, 0.2) is 11.6 Å². The zero-order valence-corrected chi connectivity index (χ0v) is 13.3. The molecule has 0 aliphatic rings. The van der Waals surface area contributed by atoms with E-state index in [2.05, 4.69) is 4.98 Å². The zero-order chi connectivity index (χ0) is 16.4. The molecule has 1 aromatic heterocycles. The molecule has 0 radical (unpaired) electrons. The highest BCUT2D eigenvalue weighted by Crippen LogP contribution is 2.28. The average Bonchev–Trinajstić information content (AvgIpc) is 2.55. The van der Waals surface area contributed by atoms with E-state index in [1.54, 1.807) is 19.4 Å². The summed E-state index contributed by atoms with van der Waals surface area (Å²) in [5.41, 5.74) is 1.42. The predicted octanol–water partition coefficient (Wildman–Crippen LogP) is 4.84. The highest BCUT2D eigenvalue weighted by Gasteiger charge is 2.09. The van der Waals surface area contributed by atoms with Gasteiger partial charge in [-0.3, -0.25) is 4.98 Å². The van der Waals surface area contributed by atoms with Crippen molar-refractivity contribution in [3.63, 3.8) is 0 Å². The molecule has 3 aromatic rings. The van der Waals surface area contributed by atoms with Crippen LogP contribution in [0.3, 0.4) is 0 Å². The maximum absolute atomic E-state index is 14.2. The normalized spacial score (nSPS) is 11.0. The molecule has 4 heteroatoms. The van der Waals surface area contributed by atoms with Crippen molar-refractivity contribution in [1.29, 1.82) is 0 Å². The molecule has 2 aromatic carbocycles. The fraction of sp³-hybridized carbons (Fsp3) is 0.211. The highest BCUT2D eigenvalue weighted by atomic mass is 19.1. The highest BCUT2D eigenvalue weighted by molar-refractivity contribution is 5.86. The molecule has 118 valence electrons. The minimum atomic E-state index is -0.385. The Bertz CT molecular complexity index is 846. The number of nitrogens with zero attached hydrogens (tertiary/aromatic N) is 1. The van der Waals surface area contributed by atoms with E-state index in [9.17, 15) is 4.39 Å². The van der Waals surface area contributed by atoms with Crippen LogP contribution in [0.1, 0.15) is 13.8 Å². The summed E-state index contributed by atoms with van der Waals surface area (Å²) in [7, 11) is 1.63. The molecule has 3 rings (SSSR count). The van der Waals surface area contributed by atoms with Crippen LogP contribution in [0.2, 0.25) is 0 Å². The van der Waals surface area contributed by atoms with Crippen LogP contribution >= 0.6 is 0 Å². The van der Waals surface area contributed by atoms with Crippen LogP contribution in [-0.4, -0.2) is 18.2 Å². The monoisotopic (exact) mass is 311 g/mol. The van der Waals surface area contributed by atoms with Crippen molar-refractivity contribution < 1.29 is 13.9 Å². The molecule has 0 amide bonds. The molecule has 0 N–H and O–H groups in total. The summed E-state index contributed by atoms with van der Waals surface area (Å²) in [6.07, 6.45) is 1.71. The van der Waals surface area contributed by atoms with Gasteiger partial charge in [0.1, 0.15) is 5.75 Å². The van der Waals surface area contributed by atoms with Gasteiger partial charge in [0.05, 0.1) is 18.9 Å². The van der Waals surface area contributed by atoms with Gasteiger partial charge in [-0.15, -0.1) is 0 Å². The third kappa shape index (κ3) is 3.26. The number of aromatic nitrogens is 1. The van der Waals surface area contributed by atoms with E-state index in [1.807, 2.05) is 44.2 Å². The number of methoxy groups -OCH3 is 1. The summed E-state index contributed by atoms with van der Waals surface area (Å²) < 4.78 is 24.8. The molecule has 0 saturated carbocycles. The molecule has 0 unspecified atom stereocenters. The second-order valence-corrected chi connectivity index (χ2v) is 5.59. The SMILES string of the molecule is COc1ccc2cnc(-c3ccc(OC(C)C)c(F)c3)cc2c1. The first-order valence-corrected chi connectivity index (χ1v) is 7.47. The van der Waals surface area contributed by atoms with Crippen molar-refractivity contribution in [3.8, 4) is 22.8 Å². The van der Waals surface area contributed by atoms with Crippen molar-refractivity contribution in [3.05, 3.63) is 54.5 Å². The van der Waals surface area contributed by atoms with Gasteiger partial charge in [-0.05, 0) is 61.7 Å². The second kappa shape index (κ2) is 6.24. The van der Waals surface area contributed by atoms with Crippen molar-refractivity contribution in [2.45, 2.75) is 20.0 Å². The first-order valence-electron chi connectivity index (χ1n) is 7.47. The van der Waals surface area contributed by atoms with Crippen LogP contribution in [0, 0.1) is 5.82 Å². The molecule has 3 nitrogen and oxygen atoms in total. The molecule has 0 saturated heterocycles. The molecule has 23 heavy (non-hydrogen) atoms. The van der Waals surface area contributed by atoms with E-state index in [0.717, 1.165) is 16.5 Å². The van der Waals surface area contributed by atoms with Gasteiger partial charge in [-0.2, -0.15) is 0 Å². The average molecular weight is 311 g/mol. The van der Waals surface area contributed by atoms with Gasteiger partial charge in [0.2, 0.25) is 0 Å². The summed E-state index contributed by atoms with van der Waals surface area (Å²) >= 11 is 0. The van der Waals surface area contributed by atoms with Crippen LogP contribution in [0.25, 0.3) is 22.0 Å². The summed E-state index contributed by atoms with van der Waals surface area (Å²) in [6, 6.07) is 12.6. The van der Waals surface area contributed by atoms with Crippen LogP contribution < -0.4 is 9.47 Å². The van der Waals surface area contributed by atoms with E-state index >= 15 is 0 Å². The molecule has 1 heterocycles. The molecule has 0 spiro atoms. The third-order valence-electron chi connectivity index (χ3n) is 3.52. The van der Waals surface area contributed by atoms with Crippen LogP contribution in [0.15, 0.2) is 48.7 Å². The summed E-state index contributed by atoms with van der Waals surface area (Å²) in [4.78, 5) is 4.42. The number of benzene rings is 2. The lowest BCUT2D eigenvalue weighted by Gasteiger charge is -2.11. The minimum absolute atomic E-state index is 0.0680. The Labute approximate surface area is 134 Å². The van der Waals surface area contributed by atoms with Crippen molar-refractivity contribution >= 4 is 10.8 Å². The van der Waals surface area contributed by atoms with Crippen molar-refractivity contribution in [2.24, 2.45) is 0 Å². The molecule has 0 aliphatic carbocycles. The molecule has 0 atom stereocenters. The molecular weight excluding hydrogens is 293 g/mol. The summed E-state index contributed by atoms with van der Waals surface area (Å²) in [6.45, 7) is 3.73. The third-order valence-corrected chi connectivity index (χ3v) is 3.52. The number of hydrogen-bond donors (Lipinski definition) is 0. The smallest absolute Gasteiger partial charge is 0.165 e. The van der Waals surface area contributed by atoms with Crippen LogP contribution in [-0.2, 0) is 0 Å². The van der Waals surface area contributed by atoms with E-state index in [0.29, 0.717) is 11.3 Å². The Balaban J connectivity index is 2.00. The minimum Gasteiger partial charge on any atom is -0.497 e. The van der Waals surface area contributed by atoms with E-state index in [-0.39, 0.29) is 17.7 Å². The topological polar surface area (TPSA) is 31.4 Å². The van der Waals surface area contributed by atoms with E-state index < -0.39 is 0 Å². The lowest BCUT2D eigenvalue weighted by Crippen LogP contribution is -2.06. The van der Waals surface area contributed by atoms with E-state index in [4.69, 9.17) is 9.47 Å². The molecule has 0 fully saturated rings. The Morgan fingerprint density at radius 2 is 1.83 bits per heavy atom.